The molecule has 0 radical (unpaired) electrons. The molecule has 1 aromatic rings. The lowest BCUT2D eigenvalue weighted by molar-refractivity contribution is 0.225. The third-order valence-electron chi connectivity index (χ3n) is 1.29. The van der Waals surface area contributed by atoms with Crippen molar-refractivity contribution < 1.29 is 9.47 Å². The molecule has 0 unspecified atom stereocenters. The highest BCUT2D eigenvalue weighted by atomic mass is 79.9. The zero-order valence-electron chi connectivity index (χ0n) is 5.39. The summed E-state index contributed by atoms with van der Waals surface area (Å²) in [5, 5.41) is 1.79. The smallest absolute Gasteiger partial charge is 0.193 e. The Morgan fingerprint density at radius 2 is 1.45 bits per heavy atom. The normalized spacial score (nSPS) is 15.1. The average molecular weight is 300 g/mol. The van der Waals surface area contributed by atoms with E-state index in [4.69, 9.17) is 9.47 Å². The molecule has 0 aromatic carbocycles. The highest BCUT2D eigenvalue weighted by Gasteiger charge is 2.19. The van der Waals surface area contributed by atoms with Crippen molar-refractivity contribution in [2.75, 3.05) is 13.2 Å². The SMILES string of the molecule is Brc1c2sc(c1Br)OCCO2. The highest BCUT2D eigenvalue weighted by molar-refractivity contribution is 9.13. The fourth-order valence-electron chi connectivity index (χ4n) is 0.807. The zero-order valence-corrected chi connectivity index (χ0v) is 9.38. The van der Waals surface area contributed by atoms with Gasteiger partial charge in [-0.05, 0) is 31.9 Å². The van der Waals surface area contributed by atoms with Crippen LogP contribution in [0.2, 0.25) is 0 Å². The van der Waals surface area contributed by atoms with Crippen LogP contribution in [0.4, 0.5) is 0 Å². The van der Waals surface area contributed by atoms with Gasteiger partial charge in [0, 0.05) is 0 Å². The minimum absolute atomic E-state index is 0.626. The van der Waals surface area contributed by atoms with Crippen molar-refractivity contribution in [2.24, 2.45) is 0 Å². The van der Waals surface area contributed by atoms with E-state index in [0.717, 1.165) is 19.1 Å². The van der Waals surface area contributed by atoms with Crippen LogP contribution in [0.3, 0.4) is 0 Å². The minimum atomic E-state index is 0.626. The van der Waals surface area contributed by atoms with Gasteiger partial charge in [-0.25, -0.2) is 0 Å². The van der Waals surface area contributed by atoms with Crippen molar-refractivity contribution in [1.29, 1.82) is 0 Å². The Balaban J connectivity index is 2.52. The van der Waals surface area contributed by atoms with Crippen molar-refractivity contribution >= 4 is 43.2 Å². The quantitative estimate of drug-likeness (QED) is 0.733. The molecule has 60 valence electrons. The Morgan fingerprint density at radius 1 is 1.00 bits per heavy atom. The maximum Gasteiger partial charge on any atom is 0.193 e. The van der Waals surface area contributed by atoms with E-state index in [0.29, 0.717) is 13.2 Å². The Kier molecular flexibility index (Phi) is 2.12. The average Bonchev–Trinajstić information content (AvgIpc) is 2.31. The first-order chi connectivity index (χ1) is 5.29. The topological polar surface area (TPSA) is 18.5 Å². The molecule has 0 saturated carbocycles. The number of hydrogen-bond donors (Lipinski definition) is 0. The van der Waals surface area contributed by atoms with E-state index in [9.17, 15) is 0 Å². The molecule has 0 fully saturated rings. The van der Waals surface area contributed by atoms with Crippen LogP contribution in [0.15, 0.2) is 8.95 Å². The van der Waals surface area contributed by atoms with E-state index in [1.807, 2.05) is 0 Å². The Bertz CT molecular complexity index is 258. The Labute approximate surface area is 84.8 Å². The van der Waals surface area contributed by atoms with Crippen LogP contribution in [0.1, 0.15) is 0 Å². The summed E-state index contributed by atoms with van der Waals surface area (Å²) in [4.78, 5) is 0. The lowest BCUT2D eigenvalue weighted by Crippen LogP contribution is -2.07. The third-order valence-corrected chi connectivity index (χ3v) is 4.87. The first-order valence-corrected chi connectivity index (χ1v) is 5.42. The van der Waals surface area contributed by atoms with Gasteiger partial charge in [-0.3, -0.25) is 0 Å². The van der Waals surface area contributed by atoms with Crippen molar-refractivity contribution in [1.82, 2.24) is 0 Å². The molecule has 0 amide bonds. The van der Waals surface area contributed by atoms with Gasteiger partial charge in [0.05, 0.1) is 8.95 Å². The number of thiophene rings is 1. The van der Waals surface area contributed by atoms with Gasteiger partial charge in [-0.2, -0.15) is 0 Å². The molecule has 1 aliphatic heterocycles. The first-order valence-electron chi connectivity index (χ1n) is 3.02. The van der Waals surface area contributed by atoms with Crippen LogP contribution in [0.25, 0.3) is 0 Å². The van der Waals surface area contributed by atoms with Crippen molar-refractivity contribution in [3.8, 4) is 10.1 Å². The molecule has 1 aromatic heterocycles. The summed E-state index contributed by atoms with van der Waals surface area (Å²) in [5.41, 5.74) is 0. The number of rotatable bonds is 0. The van der Waals surface area contributed by atoms with Gasteiger partial charge in [-0.15, -0.1) is 0 Å². The summed E-state index contributed by atoms with van der Waals surface area (Å²) in [5.74, 6) is 0. The molecule has 2 bridgehead atoms. The van der Waals surface area contributed by atoms with E-state index in [1.54, 1.807) is 0 Å². The maximum atomic E-state index is 5.38. The molecular weight excluding hydrogens is 296 g/mol. The molecule has 0 atom stereocenters. The first kappa shape index (κ1) is 7.89. The lowest BCUT2D eigenvalue weighted by Gasteiger charge is -2.04. The number of halogens is 2. The summed E-state index contributed by atoms with van der Waals surface area (Å²) in [6.07, 6.45) is 0. The van der Waals surface area contributed by atoms with Crippen LogP contribution in [-0.4, -0.2) is 13.2 Å². The van der Waals surface area contributed by atoms with Gasteiger partial charge in [0.1, 0.15) is 13.2 Å². The van der Waals surface area contributed by atoms with Crippen LogP contribution < -0.4 is 9.47 Å². The van der Waals surface area contributed by atoms with Gasteiger partial charge in [0.15, 0.2) is 10.1 Å². The molecule has 2 heterocycles. The second kappa shape index (κ2) is 2.95. The molecule has 0 saturated heterocycles. The second-order valence-corrected chi connectivity index (χ2v) is 4.53. The monoisotopic (exact) mass is 298 g/mol. The number of ether oxygens (including phenoxy) is 2. The van der Waals surface area contributed by atoms with E-state index in [-0.39, 0.29) is 0 Å². The summed E-state index contributed by atoms with van der Waals surface area (Å²) in [6, 6.07) is 0. The molecule has 2 rings (SSSR count). The Morgan fingerprint density at radius 3 is 1.91 bits per heavy atom. The van der Waals surface area contributed by atoms with E-state index >= 15 is 0 Å². The summed E-state index contributed by atoms with van der Waals surface area (Å²) in [7, 11) is 0. The molecule has 0 spiro atoms. The van der Waals surface area contributed by atoms with Gasteiger partial charge in [0.25, 0.3) is 0 Å². The third kappa shape index (κ3) is 1.29. The molecule has 1 aliphatic rings. The highest BCUT2D eigenvalue weighted by Crippen LogP contribution is 2.48. The van der Waals surface area contributed by atoms with Crippen LogP contribution >= 0.6 is 43.2 Å². The number of hydrogen-bond acceptors (Lipinski definition) is 3. The predicted molar refractivity (Wildman–Crippen MR) is 50.7 cm³/mol. The fraction of sp³-hybridized carbons (Fsp3) is 0.333. The van der Waals surface area contributed by atoms with Crippen molar-refractivity contribution in [2.45, 2.75) is 0 Å². The fourth-order valence-corrected chi connectivity index (χ4v) is 2.98. The van der Waals surface area contributed by atoms with Crippen LogP contribution in [0.5, 0.6) is 10.1 Å². The zero-order chi connectivity index (χ0) is 7.84. The summed E-state index contributed by atoms with van der Waals surface area (Å²) in [6.45, 7) is 1.25. The molecular formula is C6H4Br2O2S. The van der Waals surface area contributed by atoms with Gasteiger partial charge in [0.2, 0.25) is 0 Å². The number of fused-ring (bicyclic) bond motifs is 2. The largest absolute Gasteiger partial charge is 0.479 e. The van der Waals surface area contributed by atoms with E-state index in [1.165, 1.54) is 11.3 Å². The van der Waals surface area contributed by atoms with E-state index in [2.05, 4.69) is 31.9 Å². The summed E-state index contributed by atoms with van der Waals surface area (Å²) < 4.78 is 12.7. The Hall–Kier alpha value is 0.260. The second-order valence-electron chi connectivity index (χ2n) is 2.00. The molecule has 0 aliphatic carbocycles. The maximum absolute atomic E-state index is 5.38. The minimum Gasteiger partial charge on any atom is -0.479 e. The van der Waals surface area contributed by atoms with Crippen LogP contribution in [-0.2, 0) is 0 Å². The molecule has 2 nitrogen and oxygen atoms in total. The van der Waals surface area contributed by atoms with E-state index < -0.39 is 0 Å². The molecule has 11 heavy (non-hydrogen) atoms. The van der Waals surface area contributed by atoms with Gasteiger partial charge in [-0.1, -0.05) is 11.3 Å². The van der Waals surface area contributed by atoms with Crippen molar-refractivity contribution in [3.05, 3.63) is 8.95 Å². The summed E-state index contributed by atoms with van der Waals surface area (Å²) >= 11 is 8.30. The standard InChI is InChI=1S/C6H4Br2O2S/c7-3-4(8)6-10-2-1-9-5(3)11-6/h1-2H2. The van der Waals surface area contributed by atoms with Gasteiger partial charge >= 0.3 is 0 Å². The van der Waals surface area contributed by atoms with Gasteiger partial charge < -0.3 is 9.47 Å². The van der Waals surface area contributed by atoms with Crippen molar-refractivity contribution in [3.63, 3.8) is 0 Å². The predicted octanol–water partition coefficient (Wildman–Crippen LogP) is 3.04. The molecule has 5 heteroatoms. The molecule has 0 N–H and O–H groups in total. The lowest BCUT2D eigenvalue weighted by atomic mass is 10.6. The van der Waals surface area contributed by atoms with Crippen LogP contribution in [0, 0.1) is 0 Å².